The first kappa shape index (κ1) is 14.5. The summed E-state index contributed by atoms with van der Waals surface area (Å²) in [6.07, 6.45) is 0. The molecule has 98 valence electrons. The minimum atomic E-state index is 0.0862. The lowest BCUT2D eigenvalue weighted by molar-refractivity contribution is 0.103. The van der Waals surface area contributed by atoms with E-state index in [0.717, 1.165) is 38.5 Å². The molecule has 0 aliphatic carbocycles. The van der Waals surface area contributed by atoms with Crippen LogP contribution in [0.3, 0.4) is 0 Å². The molecule has 0 amide bonds. The molecule has 0 aliphatic rings. The number of aryl methyl sites for hydroxylation is 1. The van der Waals surface area contributed by atoms with Crippen LogP contribution in [0.25, 0.3) is 0 Å². The first-order valence-corrected chi connectivity index (χ1v) is 8.25. The van der Waals surface area contributed by atoms with Gasteiger partial charge in [-0.15, -0.1) is 0 Å². The Labute approximate surface area is 130 Å². The molecule has 2 aromatic carbocycles. The van der Waals surface area contributed by atoms with Crippen molar-refractivity contribution in [1.29, 1.82) is 0 Å². The van der Waals surface area contributed by atoms with Gasteiger partial charge in [-0.1, -0.05) is 62.2 Å². The summed E-state index contributed by atoms with van der Waals surface area (Å²) in [5.41, 5.74) is 4.76. The smallest absolute Gasteiger partial charge is 0.193 e. The third kappa shape index (κ3) is 3.34. The maximum Gasteiger partial charge on any atom is 0.193 e. The van der Waals surface area contributed by atoms with Crippen molar-refractivity contribution < 1.29 is 4.79 Å². The van der Waals surface area contributed by atoms with Crippen molar-refractivity contribution in [3.63, 3.8) is 0 Å². The zero-order valence-electron chi connectivity index (χ0n) is 10.6. The van der Waals surface area contributed by atoms with E-state index in [2.05, 4.69) is 31.9 Å². The van der Waals surface area contributed by atoms with Crippen molar-refractivity contribution in [2.75, 3.05) is 0 Å². The normalized spacial score (nSPS) is 10.5. The lowest BCUT2D eigenvalue weighted by Crippen LogP contribution is -2.05. The van der Waals surface area contributed by atoms with E-state index in [-0.39, 0.29) is 5.78 Å². The molecule has 0 unspecified atom stereocenters. The molecule has 1 nitrogen and oxygen atoms in total. The van der Waals surface area contributed by atoms with E-state index in [1.807, 2.05) is 49.4 Å². The Morgan fingerprint density at radius 1 is 1.00 bits per heavy atom. The minimum Gasteiger partial charge on any atom is -0.289 e. The van der Waals surface area contributed by atoms with Crippen LogP contribution < -0.4 is 0 Å². The molecule has 2 aromatic rings. The van der Waals surface area contributed by atoms with Crippen molar-refractivity contribution >= 4 is 37.6 Å². The summed E-state index contributed by atoms with van der Waals surface area (Å²) in [6, 6.07) is 13.7. The van der Waals surface area contributed by atoms with E-state index in [0.29, 0.717) is 0 Å². The lowest BCUT2D eigenvalue weighted by Gasteiger charge is -2.08. The fraction of sp³-hybridized carbons (Fsp3) is 0.188. The standard InChI is InChI=1S/C16H14Br2O/c1-11-5-6-13(10-18)8-15(11)16(19)14-4-2-3-12(7-14)9-17/h2-8H,9-10H2,1H3. The summed E-state index contributed by atoms with van der Waals surface area (Å²) in [5.74, 6) is 0.0862. The summed E-state index contributed by atoms with van der Waals surface area (Å²) in [6.45, 7) is 1.97. The number of hydrogen-bond donors (Lipinski definition) is 0. The quantitative estimate of drug-likeness (QED) is 0.537. The molecule has 0 saturated heterocycles. The van der Waals surface area contributed by atoms with Gasteiger partial charge in [0.25, 0.3) is 0 Å². The number of halogens is 2. The van der Waals surface area contributed by atoms with E-state index in [1.54, 1.807) is 0 Å². The number of ketones is 1. The number of rotatable bonds is 4. The average Bonchev–Trinajstić information content (AvgIpc) is 2.47. The Bertz CT molecular complexity index is 605. The van der Waals surface area contributed by atoms with Crippen LogP contribution in [-0.4, -0.2) is 5.78 Å². The molecule has 0 spiro atoms. The van der Waals surface area contributed by atoms with Gasteiger partial charge in [-0.05, 0) is 35.7 Å². The first-order valence-electron chi connectivity index (χ1n) is 6.01. The second-order valence-corrected chi connectivity index (χ2v) is 5.57. The van der Waals surface area contributed by atoms with Gasteiger partial charge in [0.15, 0.2) is 5.78 Å². The maximum atomic E-state index is 12.6. The highest BCUT2D eigenvalue weighted by molar-refractivity contribution is 9.08. The third-order valence-electron chi connectivity index (χ3n) is 3.04. The molecule has 0 bridgehead atoms. The van der Waals surface area contributed by atoms with Crippen molar-refractivity contribution in [2.45, 2.75) is 17.6 Å². The van der Waals surface area contributed by atoms with Gasteiger partial charge in [0.1, 0.15) is 0 Å². The van der Waals surface area contributed by atoms with Crippen molar-refractivity contribution in [3.05, 3.63) is 70.3 Å². The number of carbonyl (C=O) groups is 1. The maximum absolute atomic E-state index is 12.6. The molecule has 0 heterocycles. The topological polar surface area (TPSA) is 17.1 Å². The van der Waals surface area contributed by atoms with Gasteiger partial charge in [-0.25, -0.2) is 0 Å². The van der Waals surface area contributed by atoms with Crippen LogP contribution in [0.1, 0.15) is 32.6 Å². The summed E-state index contributed by atoms with van der Waals surface area (Å²) in [7, 11) is 0. The van der Waals surface area contributed by atoms with Crippen LogP contribution in [0.15, 0.2) is 42.5 Å². The minimum absolute atomic E-state index is 0.0862. The zero-order chi connectivity index (χ0) is 13.8. The average molecular weight is 382 g/mol. The molecule has 0 N–H and O–H groups in total. The Morgan fingerprint density at radius 3 is 2.37 bits per heavy atom. The number of alkyl halides is 2. The van der Waals surface area contributed by atoms with Gasteiger partial charge in [-0.3, -0.25) is 4.79 Å². The van der Waals surface area contributed by atoms with Crippen LogP contribution in [-0.2, 0) is 10.7 Å². The molecule has 19 heavy (non-hydrogen) atoms. The van der Waals surface area contributed by atoms with Gasteiger partial charge < -0.3 is 0 Å². The molecule has 0 atom stereocenters. The number of hydrogen-bond acceptors (Lipinski definition) is 1. The van der Waals surface area contributed by atoms with Gasteiger partial charge in [0.05, 0.1) is 0 Å². The van der Waals surface area contributed by atoms with E-state index in [9.17, 15) is 4.79 Å². The number of benzene rings is 2. The second kappa shape index (κ2) is 6.49. The van der Waals surface area contributed by atoms with Crippen LogP contribution in [0.5, 0.6) is 0 Å². The highest BCUT2D eigenvalue weighted by Crippen LogP contribution is 2.19. The lowest BCUT2D eigenvalue weighted by atomic mass is 9.96. The molecule has 2 rings (SSSR count). The van der Waals surface area contributed by atoms with Crippen molar-refractivity contribution in [1.82, 2.24) is 0 Å². The van der Waals surface area contributed by atoms with E-state index < -0.39 is 0 Å². The molecule has 0 aromatic heterocycles. The van der Waals surface area contributed by atoms with Crippen molar-refractivity contribution in [3.8, 4) is 0 Å². The largest absolute Gasteiger partial charge is 0.289 e. The highest BCUT2D eigenvalue weighted by atomic mass is 79.9. The Hall–Kier alpha value is -0.930. The highest BCUT2D eigenvalue weighted by Gasteiger charge is 2.12. The summed E-state index contributed by atoms with van der Waals surface area (Å²) in [5, 5.41) is 1.52. The van der Waals surface area contributed by atoms with Crippen LogP contribution in [0.4, 0.5) is 0 Å². The third-order valence-corrected chi connectivity index (χ3v) is 4.34. The van der Waals surface area contributed by atoms with Crippen LogP contribution >= 0.6 is 31.9 Å². The van der Waals surface area contributed by atoms with Gasteiger partial charge in [0, 0.05) is 21.8 Å². The molecule has 0 radical (unpaired) electrons. The van der Waals surface area contributed by atoms with Crippen LogP contribution in [0.2, 0.25) is 0 Å². The Morgan fingerprint density at radius 2 is 1.68 bits per heavy atom. The van der Waals surface area contributed by atoms with E-state index in [1.165, 1.54) is 0 Å². The molecule has 0 fully saturated rings. The number of carbonyl (C=O) groups excluding carboxylic acids is 1. The van der Waals surface area contributed by atoms with Gasteiger partial charge in [0.2, 0.25) is 0 Å². The zero-order valence-corrected chi connectivity index (χ0v) is 13.8. The predicted octanol–water partition coefficient (Wildman–Crippen LogP) is 5.02. The SMILES string of the molecule is Cc1ccc(CBr)cc1C(=O)c1cccc(CBr)c1. The predicted molar refractivity (Wildman–Crippen MR) is 86.3 cm³/mol. The molecular weight excluding hydrogens is 368 g/mol. The van der Waals surface area contributed by atoms with E-state index >= 15 is 0 Å². The molecule has 0 saturated carbocycles. The van der Waals surface area contributed by atoms with Crippen molar-refractivity contribution in [2.24, 2.45) is 0 Å². The Kier molecular flexibility index (Phi) is 4.94. The fourth-order valence-corrected chi connectivity index (χ4v) is 2.65. The van der Waals surface area contributed by atoms with E-state index in [4.69, 9.17) is 0 Å². The molecule has 0 aliphatic heterocycles. The van der Waals surface area contributed by atoms with Crippen LogP contribution in [0, 0.1) is 6.92 Å². The summed E-state index contributed by atoms with van der Waals surface area (Å²) >= 11 is 6.84. The van der Waals surface area contributed by atoms with Gasteiger partial charge in [-0.2, -0.15) is 0 Å². The van der Waals surface area contributed by atoms with Gasteiger partial charge >= 0.3 is 0 Å². The molecule has 3 heteroatoms. The Balaban J connectivity index is 2.43. The molecular formula is C16H14Br2O. The fourth-order valence-electron chi connectivity index (χ4n) is 1.95. The second-order valence-electron chi connectivity index (χ2n) is 4.45. The first-order chi connectivity index (χ1) is 9.15. The summed E-state index contributed by atoms with van der Waals surface area (Å²) in [4.78, 5) is 12.6. The monoisotopic (exact) mass is 380 g/mol. The summed E-state index contributed by atoms with van der Waals surface area (Å²) < 4.78 is 0.